The fourth-order valence-corrected chi connectivity index (χ4v) is 3.16. The summed E-state index contributed by atoms with van der Waals surface area (Å²) in [4.78, 5) is 24.1. The molecule has 2 rings (SSSR count). The van der Waals surface area contributed by atoms with Crippen molar-refractivity contribution in [3.05, 3.63) is 45.9 Å². The number of carbonyl (C=O) groups is 2. The molecular weight excluding hydrogens is 317 g/mol. The van der Waals surface area contributed by atoms with Gasteiger partial charge in [-0.15, -0.1) is 11.3 Å². The molecular formula is C17H18FNO3S. The molecule has 2 aromatic rings. The van der Waals surface area contributed by atoms with Gasteiger partial charge in [-0.2, -0.15) is 0 Å². The number of carboxylic acid groups (broad SMARTS) is 1. The number of amides is 1. The zero-order valence-electron chi connectivity index (χ0n) is 12.8. The van der Waals surface area contributed by atoms with Crippen LogP contribution in [0.2, 0.25) is 0 Å². The highest BCUT2D eigenvalue weighted by atomic mass is 32.1. The third-order valence-corrected chi connectivity index (χ3v) is 4.45. The van der Waals surface area contributed by atoms with Crippen LogP contribution in [0.15, 0.2) is 30.3 Å². The normalized spacial score (nSPS) is 10.5. The summed E-state index contributed by atoms with van der Waals surface area (Å²) in [5.74, 6) is -1.28. The van der Waals surface area contributed by atoms with Crippen LogP contribution in [-0.2, 0) is 4.79 Å². The molecule has 1 aromatic heterocycles. The minimum Gasteiger partial charge on any atom is -0.481 e. The van der Waals surface area contributed by atoms with Gasteiger partial charge in [-0.05, 0) is 49.1 Å². The molecule has 1 aromatic carbocycles. The van der Waals surface area contributed by atoms with Crippen molar-refractivity contribution in [2.45, 2.75) is 26.2 Å². The molecule has 0 unspecified atom stereocenters. The second kappa shape index (κ2) is 7.87. The summed E-state index contributed by atoms with van der Waals surface area (Å²) >= 11 is 1.39. The fraction of sp³-hybridized carbons (Fsp3) is 0.294. The van der Waals surface area contributed by atoms with Crippen molar-refractivity contribution in [3.63, 3.8) is 0 Å². The quantitative estimate of drug-likeness (QED) is 0.755. The Morgan fingerprint density at radius 1 is 1.22 bits per heavy atom. The Labute approximate surface area is 138 Å². The average molecular weight is 335 g/mol. The van der Waals surface area contributed by atoms with Gasteiger partial charge in [0.15, 0.2) is 0 Å². The number of hydrogen-bond donors (Lipinski definition) is 2. The third kappa shape index (κ3) is 4.89. The van der Waals surface area contributed by atoms with Crippen LogP contribution in [0, 0.1) is 12.7 Å². The summed E-state index contributed by atoms with van der Waals surface area (Å²) in [6.45, 7) is 2.38. The van der Waals surface area contributed by atoms with Gasteiger partial charge in [0.1, 0.15) is 5.82 Å². The van der Waals surface area contributed by atoms with Crippen molar-refractivity contribution in [1.82, 2.24) is 5.32 Å². The van der Waals surface area contributed by atoms with Crippen LogP contribution in [0.4, 0.5) is 4.39 Å². The molecule has 0 atom stereocenters. The first kappa shape index (κ1) is 17.1. The minimum atomic E-state index is -0.825. The zero-order chi connectivity index (χ0) is 16.8. The topological polar surface area (TPSA) is 66.4 Å². The molecule has 0 radical (unpaired) electrons. The molecule has 0 saturated heterocycles. The van der Waals surface area contributed by atoms with Crippen LogP contribution in [0.5, 0.6) is 0 Å². The Morgan fingerprint density at radius 3 is 2.57 bits per heavy atom. The zero-order valence-corrected chi connectivity index (χ0v) is 13.6. The van der Waals surface area contributed by atoms with E-state index in [9.17, 15) is 14.0 Å². The van der Waals surface area contributed by atoms with Crippen molar-refractivity contribution in [1.29, 1.82) is 0 Å². The molecule has 6 heteroatoms. The number of aryl methyl sites for hydroxylation is 1. The number of rotatable bonds is 7. The number of carbonyl (C=O) groups excluding carboxylic acids is 1. The molecule has 0 saturated carbocycles. The molecule has 0 aliphatic rings. The van der Waals surface area contributed by atoms with Crippen LogP contribution in [0.1, 0.15) is 33.8 Å². The van der Waals surface area contributed by atoms with E-state index in [1.807, 2.05) is 6.92 Å². The number of carboxylic acids is 1. The van der Waals surface area contributed by atoms with Gasteiger partial charge < -0.3 is 10.4 Å². The van der Waals surface area contributed by atoms with Gasteiger partial charge in [0.05, 0.1) is 4.88 Å². The van der Waals surface area contributed by atoms with Crippen LogP contribution in [0.3, 0.4) is 0 Å². The second-order valence-corrected chi connectivity index (χ2v) is 6.45. The lowest BCUT2D eigenvalue weighted by atomic mass is 10.1. The smallest absolute Gasteiger partial charge is 0.303 e. The van der Waals surface area contributed by atoms with Gasteiger partial charge in [-0.25, -0.2) is 4.39 Å². The van der Waals surface area contributed by atoms with Gasteiger partial charge in [0.2, 0.25) is 0 Å². The largest absolute Gasteiger partial charge is 0.481 e. The maximum atomic E-state index is 13.0. The maximum absolute atomic E-state index is 13.0. The molecule has 0 aliphatic heterocycles. The summed E-state index contributed by atoms with van der Waals surface area (Å²) in [5.41, 5.74) is 1.80. The van der Waals surface area contributed by atoms with Gasteiger partial charge in [0.25, 0.3) is 5.91 Å². The second-order valence-electron chi connectivity index (χ2n) is 5.19. The highest BCUT2D eigenvalue weighted by Crippen LogP contribution is 2.31. The van der Waals surface area contributed by atoms with E-state index < -0.39 is 5.97 Å². The lowest BCUT2D eigenvalue weighted by Crippen LogP contribution is -2.23. The average Bonchev–Trinajstić information content (AvgIpc) is 2.89. The number of aliphatic carboxylic acids is 1. The third-order valence-electron chi connectivity index (χ3n) is 3.40. The predicted molar refractivity (Wildman–Crippen MR) is 88.3 cm³/mol. The molecule has 0 fully saturated rings. The van der Waals surface area contributed by atoms with Crippen molar-refractivity contribution < 1.29 is 19.1 Å². The van der Waals surface area contributed by atoms with Crippen molar-refractivity contribution >= 4 is 23.2 Å². The highest BCUT2D eigenvalue weighted by Gasteiger charge is 2.13. The lowest BCUT2D eigenvalue weighted by Gasteiger charge is -2.02. The van der Waals surface area contributed by atoms with Gasteiger partial charge >= 0.3 is 5.97 Å². The van der Waals surface area contributed by atoms with E-state index in [2.05, 4.69) is 5.32 Å². The van der Waals surface area contributed by atoms with E-state index in [1.54, 1.807) is 18.2 Å². The molecule has 2 N–H and O–H groups in total. The Kier molecular flexibility index (Phi) is 5.87. The number of nitrogens with one attached hydrogen (secondary N) is 1. The first-order valence-corrected chi connectivity index (χ1v) is 8.15. The summed E-state index contributed by atoms with van der Waals surface area (Å²) in [6.07, 6.45) is 1.29. The Hall–Kier alpha value is -2.21. The van der Waals surface area contributed by atoms with Gasteiger partial charge in [0, 0.05) is 17.8 Å². The summed E-state index contributed by atoms with van der Waals surface area (Å²) in [6, 6.07) is 7.99. The van der Waals surface area contributed by atoms with Crippen molar-refractivity contribution in [3.8, 4) is 11.1 Å². The van der Waals surface area contributed by atoms with Crippen LogP contribution in [-0.4, -0.2) is 23.5 Å². The minimum absolute atomic E-state index is 0.114. The van der Waals surface area contributed by atoms with Gasteiger partial charge in [-0.3, -0.25) is 9.59 Å². The molecule has 122 valence electrons. The molecule has 0 bridgehead atoms. The standard InChI is InChI=1S/C17H18FNO3S/c1-11-14(12-5-7-13(18)8-6-12)10-15(23-11)17(22)19-9-3-2-4-16(20)21/h5-8,10H,2-4,9H2,1H3,(H,19,22)(H,20,21). The SMILES string of the molecule is Cc1sc(C(=O)NCCCCC(=O)O)cc1-c1ccc(F)cc1. The molecule has 0 aliphatic carbocycles. The first-order valence-electron chi connectivity index (χ1n) is 7.33. The first-order chi connectivity index (χ1) is 11.0. The monoisotopic (exact) mass is 335 g/mol. The highest BCUT2D eigenvalue weighted by molar-refractivity contribution is 7.14. The fourth-order valence-electron chi connectivity index (χ4n) is 2.20. The van der Waals surface area contributed by atoms with E-state index in [4.69, 9.17) is 5.11 Å². The molecule has 4 nitrogen and oxygen atoms in total. The number of benzene rings is 1. The predicted octanol–water partition coefficient (Wildman–Crippen LogP) is 3.85. The number of hydrogen-bond acceptors (Lipinski definition) is 3. The Morgan fingerprint density at radius 2 is 1.91 bits per heavy atom. The number of thiophene rings is 1. The van der Waals surface area contributed by atoms with Gasteiger partial charge in [-0.1, -0.05) is 12.1 Å². The van der Waals surface area contributed by atoms with E-state index in [0.29, 0.717) is 24.3 Å². The summed E-state index contributed by atoms with van der Waals surface area (Å²) in [7, 11) is 0. The van der Waals surface area contributed by atoms with E-state index >= 15 is 0 Å². The lowest BCUT2D eigenvalue weighted by molar-refractivity contribution is -0.137. The summed E-state index contributed by atoms with van der Waals surface area (Å²) in [5, 5.41) is 11.3. The maximum Gasteiger partial charge on any atom is 0.303 e. The summed E-state index contributed by atoms with van der Waals surface area (Å²) < 4.78 is 13.0. The van der Waals surface area contributed by atoms with E-state index in [0.717, 1.165) is 16.0 Å². The Balaban J connectivity index is 1.96. The van der Waals surface area contributed by atoms with E-state index in [-0.39, 0.29) is 18.1 Å². The molecule has 1 heterocycles. The molecule has 1 amide bonds. The van der Waals surface area contributed by atoms with Crippen LogP contribution >= 0.6 is 11.3 Å². The van der Waals surface area contributed by atoms with E-state index in [1.165, 1.54) is 23.5 Å². The van der Waals surface area contributed by atoms with Crippen molar-refractivity contribution in [2.24, 2.45) is 0 Å². The molecule has 0 spiro atoms. The number of halogens is 1. The number of unbranched alkanes of at least 4 members (excludes halogenated alkanes) is 1. The Bertz CT molecular complexity index is 694. The molecule has 23 heavy (non-hydrogen) atoms. The van der Waals surface area contributed by atoms with Crippen LogP contribution in [0.25, 0.3) is 11.1 Å². The van der Waals surface area contributed by atoms with Crippen molar-refractivity contribution in [2.75, 3.05) is 6.54 Å². The van der Waals surface area contributed by atoms with Crippen LogP contribution < -0.4 is 5.32 Å².